The smallest absolute Gasteiger partial charge is 0.137 e. The van der Waals surface area contributed by atoms with Gasteiger partial charge in [0.25, 0.3) is 0 Å². The van der Waals surface area contributed by atoms with Gasteiger partial charge in [0.2, 0.25) is 0 Å². The Morgan fingerprint density at radius 3 is 2.83 bits per heavy atom. The Morgan fingerprint density at radius 2 is 2.00 bits per heavy atom. The van der Waals surface area contributed by atoms with E-state index in [0.717, 1.165) is 44.1 Å². The Hall–Kier alpha value is -2.53. The van der Waals surface area contributed by atoms with Crippen molar-refractivity contribution in [3.63, 3.8) is 0 Å². The molecule has 0 aliphatic carbocycles. The maximum Gasteiger partial charge on any atom is 0.137 e. The van der Waals surface area contributed by atoms with Crippen LogP contribution in [0, 0.1) is 0 Å². The maximum atomic E-state index is 5.33. The van der Waals surface area contributed by atoms with E-state index in [2.05, 4.69) is 50.2 Å². The average molecular weight is 322 g/mol. The molecular weight excluding hydrogens is 300 g/mol. The van der Waals surface area contributed by atoms with Crippen molar-refractivity contribution in [3.8, 4) is 5.75 Å². The van der Waals surface area contributed by atoms with E-state index in [9.17, 15) is 0 Å². The van der Waals surface area contributed by atoms with Gasteiger partial charge < -0.3 is 14.6 Å². The second kappa shape index (κ2) is 6.53. The summed E-state index contributed by atoms with van der Waals surface area (Å²) in [6.45, 7) is 5.16. The lowest BCUT2D eigenvalue weighted by atomic mass is 10.2. The lowest BCUT2D eigenvalue weighted by Gasteiger charge is -2.36. The van der Waals surface area contributed by atoms with Gasteiger partial charge in [0.15, 0.2) is 0 Å². The number of aromatic amines is 1. The number of anilines is 1. The minimum absolute atomic E-state index is 0.918. The molecule has 1 aliphatic heterocycles. The lowest BCUT2D eigenvalue weighted by molar-refractivity contribution is 0.250. The van der Waals surface area contributed by atoms with Gasteiger partial charge in [-0.15, -0.1) is 0 Å². The van der Waals surface area contributed by atoms with Crippen molar-refractivity contribution in [2.45, 2.75) is 6.54 Å². The fourth-order valence-electron chi connectivity index (χ4n) is 3.36. The molecule has 0 saturated carbocycles. The van der Waals surface area contributed by atoms with Crippen LogP contribution in [-0.4, -0.2) is 48.2 Å². The third-order valence-electron chi connectivity index (χ3n) is 4.72. The Kier molecular flexibility index (Phi) is 4.09. The predicted molar refractivity (Wildman–Crippen MR) is 96.6 cm³/mol. The maximum absolute atomic E-state index is 5.33. The zero-order chi connectivity index (χ0) is 16.4. The number of hydrogen-bond donors (Lipinski definition) is 1. The van der Waals surface area contributed by atoms with Crippen molar-refractivity contribution in [3.05, 3.63) is 54.4 Å². The molecule has 1 aromatic carbocycles. The normalized spacial score (nSPS) is 15.8. The fourth-order valence-corrected chi connectivity index (χ4v) is 3.36. The van der Waals surface area contributed by atoms with Crippen LogP contribution >= 0.6 is 0 Å². The summed E-state index contributed by atoms with van der Waals surface area (Å²) in [5.41, 5.74) is 3.54. The van der Waals surface area contributed by atoms with Gasteiger partial charge in [-0.05, 0) is 29.8 Å². The van der Waals surface area contributed by atoms with Gasteiger partial charge in [0.1, 0.15) is 11.4 Å². The molecule has 0 bridgehead atoms. The highest BCUT2D eigenvalue weighted by molar-refractivity contribution is 5.79. The second-order valence-electron chi connectivity index (χ2n) is 6.18. The second-order valence-corrected chi connectivity index (χ2v) is 6.18. The van der Waals surface area contributed by atoms with Crippen molar-refractivity contribution in [1.29, 1.82) is 0 Å². The number of H-pyrrole nitrogens is 1. The molecule has 4 rings (SSSR count). The van der Waals surface area contributed by atoms with Crippen molar-refractivity contribution in [2.75, 3.05) is 38.2 Å². The summed E-state index contributed by atoms with van der Waals surface area (Å²) in [5, 5.41) is 1.23. The van der Waals surface area contributed by atoms with Crippen LogP contribution in [0.2, 0.25) is 0 Å². The molecule has 2 aromatic heterocycles. The third-order valence-corrected chi connectivity index (χ3v) is 4.72. The van der Waals surface area contributed by atoms with E-state index < -0.39 is 0 Å². The molecule has 1 aliphatic rings. The van der Waals surface area contributed by atoms with Crippen molar-refractivity contribution >= 4 is 16.7 Å². The molecule has 0 atom stereocenters. The van der Waals surface area contributed by atoms with Gasteiger partial charge in [-0.1, -0.05) is 6.07 Å². The minimum Gasteiger partial charge on any atom is -0.497 e. The SMILES string of the molecule is COc1cccc(N2CCN(Cc3c[nH]c4ncccc34)CC2)c1. The molecule has 0 amide bonds. The largest absolute Gasteiger partial charge is 0.497 e. The van der Waals surface area contributed by atoms with Gasteiger partial charge in [0.05, 0.1) is 7.11 Å². The molecule has 1 N–H and O–H groups in total. The van der Waals surface area contributed by atoms with Gasteiger partial charge >= 0.3 is 0 Å². The zero-order valence-corrected chi connectivity index (χ0v) is 13.9. The lowest BCUT2D eigenvalue weighted by Crippen LogP contribution is -2.45. The van der Waals surface area contributed by atoms with Gasteiger partial charge in [-0.2, -0.15) is 0 Å². The highest BCUT2D eigenvalue weighted by Gasteiger charge is 2.18. The van der Waals surface area contributed by atoms with Crippen LogP contribution < -0.4 is 9.64 Å². The fraction of sp³-hybridized carbons (Fsp3) is 0.316. The highest BCUT2D eigenvalue weighted by Crippen LogP contribution is 2.23. The first kappa shape index (κ1) is 15.0. The number of aromatic nitrogens is 2. The predicted octanol–water partition coefficient (Wildman–Crippen LogP) is 2.89. The molecule has 1 fully saturated rings. The summed E-state index contributed by atoms with van der Waals surface area (Å²) >= 11 is 0. The Morgan fingerprint density at radius 1 is 1.12 bits per heavy atom. The summed E-state index contributed by atoms with van der Waals surface area (Å²) in [7, 11) is 1.72. The van der Waals surface area contributed by atoms with Crippen LogP contribution in [0.25, 0.3) is 11.0 Å². The number of fused-ring (bicyclic) bond motifs is 1. The van der Waals surface area contributed by atoms with E-state index in [1.807, 2.05) is 18.3 Å². The number of nitrogens with one attached hydrogen (secondary N) is 1. The molecule has 0 radical (unpaired) electrons. The number of benzene rings is 1. The molecule has 124 valence electrons. The first-order valence-electron chi connectivity index (χ1n) is 8.36. The molecule has 24 heavy (non-hydrogen) atoms. The van der Waals surface area contributed by atoms with Crippen LogP contribution in [0.15, 0.2) is 48.8 Å². The number of hydrogen-bond acceptors (Lipinski definition) is 4. The monoisotopic (exact) mass is 322 g/mol. The van der Waals surface area contributed by atoms with Crippen LogP contribution in [0.1, 0.15) is 5.56 Å². The summed E-state index contributed by atoms with van der Waals surface area (Å²) in [6, 6.07) is 12.5. The van der Waals surface area contributed by atoms with Gasteiger partial charge in [-0.3, -0.25) is 4.90 Å². The molecule has 1 saturated heterocycles. The van der Waals surface area contributed by atoms with E-state index in [4.69, 9.17) is 4.74 Å². The average Bonchev–Trinajstić information content (AvgIpc) is 3.05. The van der Waals surface area contributed by atoms with Crippen LogP contribution in [0.5, 0.6) is 5.75 Å². The Balaban J connectivity index is 1.41. The third kappa shape index (κ3) is 2.95. The molecule has 5 heteroatoms. The standard InChI is InChI=1S/C19H22N4O/c1-24-17-5-2-4-16(12-17)23-10-8-22(9-11-23)14-15-13-21-19-18(15)6-3-7-20-19/h2-7,12-13H,8-11,14H2,1H3,(H,20,21). The molecule has 5 nitrogen and oxygen atoms in total. The molecule has 0 unspecified atom stereocenters. The molecular formula is C19H22N4O. The molecule has 0 spiro atoms. The molecule has 3 heterocycles. The van der Waals surface area contributed by atoms with Crippen LogP contribution in [0.4, 0.5) is 5.69 Å². The first-order chi connectivity index (χ1) is 11.8. The number of rotatable bonds is 4. The molecule has 3 aromatic rings. The Bertz CT molecular complexity index is 821. The van der Waals surface area contributed by atoms with Crippen molar-refractivity contribution in [1.82, 2.24) is 14.9 Å². The summed E-state index contributed by atoms with van der Waals surface area (Å²) in [5.74, 6) is 0.918. The van der Waals surface area contributed by atoms with E-state index in [1.165, 1.54) is 16.6 Å². The minimum atomic E-state index is 0.918. The zero-order valence-electron chi connectivity index (χ0n) is 13.9. The van der Waals surface area contributed by atoms with E-state index in [0.29, 0.717) is 0 Å². The van der Waals surface area contributed by atoms with Crippen LogP contribution in [-0.2, 0) is 6.54 Å². The summed E-state index contributed by atoms with van der Waals surface area (Å²) in [6.07, 6.45) is 3.92. The Labute approximate surface area is 141 Å². The number of nitrogens with zero attached hydrogens (tertiary/aromatic N) is 3. The topological polar surface area (TPSA) is 44.4 Å². The quantitative estimate of drug-likeness (QED) is 0.802. The van der Waals surface area contributed by atoms with Gasteiger partial charge in [-0.25, -0.2) is 4.98 Å². The number of piperazine rings is 1. The number of methoxy groups -OCH3 is 1. The summed E-state index contributed by atoms with van der Waals surface area (Å²) < 4.78 is 5.33. The van der Waals surface area contributed by atoms with Crippen molar-refractivity contribution in [2.24, 2.45) is 0 Å². The van der Waals surface area contributed by atoms with E-state index >= 15 is 0 Å². The first-order valence-corrected chi connectivity index (χ1v) is 8.36. The highest BCUT2D eigenvalue weighted by atomic mass is 16.5. The van der Waals surface area contributed by atoms with Gasteiger partial charge in [0, 0.05) is 62.3 Å². The van der Waals surface area contributed by atoms with Crippen LogP contribution in [0.3, 0.4) is 0 Å². The van der Waals surface area contributed by atoms with Crippen molar-refractivity contribution < 1.29 is 4.74 Å². The summed E-state index contributed by atoms with van der Waals surface area (Å²) in [4.78, 5) is 12.6. The number of ether oxygens (including phenoxy) is 1. The van der Waals surface area contributed by atoms with E-state index in [1.54, 1.807) is 7.11 Å². The van der Waals surface area contributed by atoms with E-state index in [-0.39, 0.29) is 0 Å². The number of pyridine rings is 1.